The molecule has 1 amide bonds. The largest absolute Gasteiger partial charge is 0.379 e. The monoisotopic (exact) mass is 278 g/mol. The molecule has 0 aromatic rings. The van der Waals surface area contributed by atoms with E-state index in [1.165, 1.54) is 0 Å². The number of halogens is 1. The van der Waals surface area contributed by atoms with Crippen molar-refractivity contribution in [3.63, 3.8) is 0 Å². The minimum Gasteiger partial charge on any atom is -0.379 e. The number of nitrogens with two attached hydrogens (primary N) is 1. The zero-order chi connectivity index (χ0) is 13.1. The fourth-order valence-corrected chi connectivity index (χ4v) is 2.49. The summed E-state index contributed by atoms with van der Waals surface area (Å²) in [6, 6.07) is 0.339. The van der Waals surface area contributed by atoms with Gasteiger partial charge in [0.25, 0.3) is 0 Å². The van der Waals surface area contributed by atoms with E-state index in [2.05, 4.69) is 5.32 Å². The maximum atomic E-state index is 12.0. The van der Waals surface area contributed by atoms with Gasteiger partial charge in [0, 0.05) is 25.1 Å². The third kappa shape index (κ3) is 5.55. The average Bonchev–Trinajstić information content (AvgIpc) is 2.64. The van der Waals surface area contributed by atoms with Crippen LogP contribution in [0.3, 0.4) is 0 Å². The smallest absolute Gasteiger partial charge is 0.223 e. The van der Waals surface area contributed by atoms with Crippen LogP contribution in [0.1, 0.15) is 46.5 Å². The number of carbonyl (C=O) groups is 1. The Morgan fingerprint density at radius 1 is 1.50 bits per heavy atom. The van der Waals surface area contributed by atoms with Crippen molar-refractivity contribution in [3.8, 4) is 0 Å². The molecule has 3 unspecified atom stereocenters. The summed E-state index contributed by atoms with van der Waals surface area (Å²) in [5.41, 5.74) is 5.62. The van der Waals surface area contributed by atoms with Gasteiger partial charge in [-0.25, -0.2) is 0 Å². The van der Waals surface area contributed by atoms with Crippen molar-refractivity contribution in [3.05, 3.63) is 0 Å². The van der Waals surface area contributed by atoms with E-state index in [-0.39, 0.29) is 41.9 Å². The van der Waals surface area contributed by atoms with Crippen LogP contribution in [0.4, 0.5) is 0 Å². The van der Waals surface area contributed by atoms with Crippen molar-refractivity contribution in [2.24, 2.45) is 11.7 Å². The minimum absolute atomic E-state index is 0. The summed E-state index contributed by atoms with van der Waals surface area (Å²) < 4.78 is 5.36. The first-order valence-corrected chi connectivity index (χ1v) is 6.45. The number of hydrogen-bond donors (Lipinski definition) is 2. The summed E-state index contributed by atoms with van der Waals surface area (Å²) in [5.74, 6) is 0.260. The number of rotatable bonds is 5. The van der Waals surface area contributed by atoms with Gasteiger partial charge in [-0.2, -0.15) is 0 Å². The predicted molar refractivity (Wildman–Crippen MR) is 75.9 cm³/mol. The molecule has 0 saturated heterocycles. The molecule has 0 aromatic heterocycles. The van der Waals surface area contributed by atoms with Gasteiger partial charge in [0.05, 0.1) is 5.60 Å². The number of ether oxygens (including phenoxy) is 1. The molecule has 18 heavy (non-hydrogen) atoms. The first kappa shape index (κ1) is 17.7. The fourth-order valence-electron chi connectivity index (χ4n) is 2.49. The first-order valence-electron chi connectivity index (χ1n) is 6.45. The molecular formula is C13H27ClN2O2. The van der Waals surface area contributed by atoms with Gasteiger partial charge in [-0.3, -0.25) is 4.79 Å². The summed E-state index contributed by atoms with van der Waals surface area (Å²) in [4.78, 5) is 12.0. The Labute approximate surface area is 116 Å². The minimum atomic E-state index is -0.196. The van der Waals surface area contributed by atoms with Gasteiger partial charge in [0.2, 0.25) is 5.91 Å². The summed E-state index contributed by atoms with van der Waals surface area (Å²) in [7, 11) is 1.70. The SMILES string of the molecule is COC(C)(C)CC(C)NC(=O)C1CCC(N)C1.Cl. The highest BCUT2D eigenvalue weighted by molar-refractivity contribution is 5.85. The predicted octanol–water partition coefficient (Wildman–Crippen LogP) is 1.86. The Bertz CT molecular complexity index is 272. The molecule has 108 valence electrons. The number of hydrogen-bond acceptors (Lipinski definition) is 3. The summed E-state index contributed by atoms with van der Waals surface area (Å²) in [5, 5.41) is 3.06. The van der Waals surface area contributed by atoms with Crippen molar-refractivity contribution in [1.29, 1.82) is 0 Å². The van der Waals surface area contributed by atoms with E-state index in [1.807, 2.05) is 20.8 Å². The molecule has 1 rings (SSSR count). The lowest BCUT2D eigenvalue weighted by Gasteiger charge is -2.27. The van der Waals surface area contributed by atoms with Crippen LogP contribution >= 0.6 is 12.4 Å². The van der Waals surface area contributed by atoms with E-state index >= 15 is 0 Å². The quantitative estimate of drug-likeness (QED) is 0.807. The molecule has 0 aromatic carbocycles. The molecule has 0 aliphatic heterocycles. The highest BCUT2D eigenvalue weighted by Gasteiger charge is 2.29. The Morgan fingerprint density at radius 3 is 2.56 bits per heavy atom. The van der Waals surface area contributed by atoms with Gasteiger partial charge >= 0.3 is 0 Å². The second kappa shape index (κ2) is 7.31. The zero-order valence-corrected chi connectivity index (χ0v) is 12.7. The Morgan fingerprint density at radius 2 is 2.11 bits per heavy atom. The van der Waals surface area contributed by atoms with E-state index in [1.54, 1.807) is 7.11 Å². The highest BCUT2D eigenvalue weighted by Crippen LogP contribution is 2.24. The van der Waals surface area contributed by atoms with Crippen LogP contribution in [0.25, 0.3) is 0 Å². The van der Waals surface area contributed by atoms with Gasteiger partial charge in [0.1, 0.15) is 0 Å². The van der Waals surface area contributed by atoms with Crippen molar-refractivity contribution >= 4 is 18.3 Å². The maximum Gasteiger partial charge on any atom is 0.223 e. The number of methoxy groups -OCH3 is 1. The molecule has 3 atom stereocenters. The molecule has 0 heterocycles. The molecule has 4 nitrogen and oxygen atoms in total. The number of nitrogens with one attached hydrogen (secondary N) is 1. The topological polar surface area (TPSA) is 64.3 Å². The van der Waals surface area contributed by atoms with Gasteiger partial charge in [-0.15, -0.1) is 12.4 Å². The van der Waals surface area contributed by atoms with Crippen molar-refractivity contribution in [1.82, 2.24) is 5.32 Å². The lowest BCUT2D eigenvalue weighted by atomic mass is 9.99. The maximum absolute atomic E-state index is 12.0. The summed E-state index contributed by atoms with van der Waals surface area (Å²) in [6.45, 7) is 6.08. The van der Waals surface area contributed by atoms with Gasteiger partial charge in [0.15, 0.2) is 0 Å². The van der Waals surface area contributed by atoms with Crippen molar-refractivity contribution < 1.29 is 9.53 Å². The van der Waals surface area contributed by atoms with Crippen LogP contribution in [0, 0.1) is 5.92 Å². The van der Waals surface area contributed by atoms with Crippen LogP contribution in [-0.4, -0.2) is 30.7 Å². The van der Waals surface area contributed by atoms with Crippen LogP contribution in [0.2, 0.25) is 0 Å². The second-order valence-electron chi connectivity index (χ2n) is 5.85. The lowest BCUT2D eigenvalue weighted by molar-refractivity contribution is -0.125. The third-order valence-electron chi connectivity index (χ3n) is 3.58. The van der Waals surface area contributed by atoms with Crippen LogP contribution in [0.15, 0.2) is 0 Å². The van der Waals surface area contributed by atoms with E-state index in [0.717, 1.165) is 25.7 Å². The molecule has 1 aliphatic rings. The standard InChI is InChI=1S/C13H26N2O2.ClH/c1-9(8-13(2,3)17-4)15-12(16)10-5-6-11(14)7-10;/h9-11H,5-8,14H2,1-4H3,(H,15,16);1H. The lowest BCUT2D eigenvalue weighted by Crippen LogP contribution is -2.41. The first-order chi connectivity index (χ1) is 7.84. The number of amides is 1. The third-order valence-corrected chi connectivity index (χ3v) is 3.58. The van der Waals surface area contributed by atoms with E-state index in [9.17, 15) is 4.79 Å². The molecule has 0 bridgehead atoms. The van der Waals surface area contributed by atoms with Crippen molar-refractivity contribution in [2.45, 2.75) is 64.1 Å². The molecule has 0 radical (unpaired) electrons. The molecule has 0 spiro atoms. The molecular weight excluding hydrogens is 252 g/mol. The molecule has 1 aliphatic carbocycles. The van der Waals surface area contributed by atoms with Crippen molar-refractivity contribution in [2.75, 3.05) is 7.11 Å². The number of carbonyl (C=O) groups excluding carboxylic acids is 1. The summed E-state index contributed by atoms with van der Waals surface area (Å²) in [6.07, 6.45) is 3.53. The van der Waals surface area contributed by atoms with E-state index < -0.39 is 0 Å². The molecule has 1 saturated carbocycles. The normalized spacial score (nSPS) is 25.4. The van der Waals surface area contributed by atoms with E-state index in [0.29, 0.717) is 0 Å². The Hall–Kier alpha value is -0.320. The highest BCUT2D eigenvalue weighted by atomic mass is 35.5. The van der Waals surface area contributed by atoms with Gasteiger partial charge < -0.3 is 15.8 Å². The average molecular weight is 279 g/mol. The molecule has 5 heteroatoms. The van der Waals surface area contributed by atoms with Gasteiger partial charge in [-0.05, 0) is 46.5 Å². The second-order valence-corrected chi connectivity index (χ2v) is 5.85. The zero-order valence-electron chi connectivity index (χ0n) is 11.9. The fraction of sp³-hybridized carbons (Fsp3) is 0.923. The Balaban J connectivity index is 0.00000289. The molecule has 1 fully saturated rings. The van der Waals surface area contributed by atoms with Gasteiger partial charge in [-0.1, -0.05) is 0 Å². The van der Waals surface area contributed by atoms with Crippen LogP contribution < -0.4 is 11.1 Å². The molecule has 3 N–H and O–H groups in total. The van der Waals surface area contributed by atoms with E-state index in [4.69, 9.17) is 10.5 Å². The van der Waals surface area contributed by atoms with Crippen LogP contribution in [0.5, 0.6) is 0 Å². The van der Waals surface area contributed by atoms with Crippen LogP contribution in [-0.2, 0) is 9.53 Å². The Kier molecular flexibility index (Phi) is 7.18. The summed E-state index contributed by atoms with van der Waals surface area (Å²) >= 11 is 0.